The Morgan fingerprint density at radius 3 is 2.24 bits per heavy atom. The fourth-order valence-electron chi connectivity index (χ4n) is 1.14. The molecule has 0 atom stereocenters. The maximum absolute atomic E-state index is 8.59. The predicted octanol–water partition coefficient (Wildman–Crippen LogP) is 3.79. The number of allylic oxidation sites excluding steroid dienone is 8. The Morgan fingerprint density at radius 1 is 0.882 bits per heavy atom. The number of hydrogen-bond donors (Lipinski definition) is 1. The summed E-state index contributed by atoms with van der Waals surface area (Å²) in [4.78, 5) is 0. The summed E-state index contributed by atoms with van der Waals surface area (Å²) in [5, 5.41) is 8.59. The third kappa shape index (κ3) is 14.5. The summed E-state index contributed by atoms with van der Waals surface area (Å²) < 4.78 is 0. The number of hydrogen-bond acceptors (Lipinski definition) is 1. The fraction of sp³-hybridized carbons (Fsp3) is 0.375. The summed E-state index contributed by atoms with van der Waals surface area (Å²) in [7, 11) is 0. The van der Waals surface area contributed by atoms with Crippen LogP contribution >= 0.6 is 0 Å². The molecule has 17 heavy (non-hydrogen) atoms. The van der Waals surface area contributed by atoms with Crippen LogP contribution < -0.4 is 0 Å². The summed E-state index contributed by atoms with van der Waals surface area (Å²) in [5.74, 6) is 5.83. The Labute approximate surface area is 105 Å². The maximum Gasteiger partial charge on any atom is 0.0431 e. The summed E-state index contributed by atoms with van der Waals surface area (Å²) >= 11 is 0. The highest BCUT2D eigenvalue weighted by molar-refractivity contribution is 5.27. The van der Waals surface area contributed by atoms with E-state index in [0.717, 1.165) is 25.7 Å². The van der Waals surface area contributed by atoms with Gasteiger partial charge in [-0.1, -0.05) is 54.7 Å². The minimum atomic E-state index is 0.306. The highest BCUT2D eigenvalue weighted by Crippen LogP contribution is 1.99. The Balaban J connectivity index is 3.55. The zero-order valence-electron chi connectivity index (χ0n) is 10.6. The molecule has 0 saturated heterocycles. The second-order valence-corrected chi connectivity index (χ2v) is 3.53. The van der Waals surface area contributed by atoms with Crippen molar-refractivity contribution in [2.24, 2.45) is 0 Å². The van der Waals surface area contributed by atoms with E-state index in [9.17, 15) is 0 Å². The predicted molar refractivity (Wildman–Crippen MR) is 75.6 cm³/mol. The smallest absolute Gasteiger partial charge is 0.0431 e. The average molecular weight is 230 g/mol. The molecule has 0 aliphatic heterocycles. The lowest BCUT2D eigenvalue weighted by Gasteiger charge is -1.92. The van der Waals surface area contributed by atoms with Crippen molar-refractivity contribution in [3.63, 3.8) is 0 Å². The number of aliphatic hydroxyl groups excluding tert-OH is 1. The van der Waals surface area contributed by atoms with Crippen molar-refractivity contribution in [1.29, 1.82) is 0 Å². The van der Waals surface area contributed by atoms with E-state index < -0.39 is 0 Å². The highest BCUT2D eigenvalue weighted by Gasteiger charge is 1.83. The Morgan fingerprint density at radius 2 is 1.59 bits per heavy atom. The van der Waals surface area contributed by atoms with E-state index >= 15 is 0 Å². The lowest BCUT2D eigenvalue weighted by Crippen LogP contribution is -1.81. The minimum absolute atomic E-state index is 0.306. The van der Waals surface area contributed by atoms with Crippen molar-refractivity contribution < 1.29 is 5.11 Å². The van der Waals surface area contributed by atoms with Crippen molar-refractivity contribution in [2.45, 2.75) is 32.6 Å². The van der Waals surface area contributed by atoms with Crippen LogP contribution in [0.5, 0.6) is 0 Å². The van der Waals surface area contributed by atoms with E-state index in [1.165, 1.54) is 0 Å². The van der Waals surface area contributed by atoms with E-state index in [0.29, 0.717) is 6.61 Å². The number of unbranched alkanes of at least 4 members (excludes halogenated alkanes) is 3. The molecule has 1 nitrogen and oxygen atoms in total. The quantitative estimate of drug-likeness (QED) is 0.401. The van der Waals surface area contributed by atoms with E-state index in [2.05, 4.69) is 17.9 Å². The van der Waals surface area contributed by atoms with Crippen LogP contribution in [0.25, 0.3) is 0 Å². The zero-order chi connectivity index (χ0) is 12.6. The lowest BCUT2D eigenvalue weighted by molar-refractivity contribution is 0.283. The molecule has 0 unspecified atom stereocenters. The van der Waals surface area contributed by atoms with Crippen LogP contribution in [0.1, 0.15) is 32.6 Å². The average Bonchev–Trinajstić information content (AvgIpc) is 2.35. The van der Waals surface area contributed by atoms with Gasteiger partial charge in [0.1, 0.15) is 0 Å². The van der Waals surface area contributed by atoms with Gasteiger partial charge in [0.2, 0.25) is 0 Å². The summed E-state index contributed by atoms with van der Waals surface area (Å²) in [6.45, 7) is 2.28. The van der Waals surface area contributed by atoms with E-state index in [1.54, 1.807) is 0 Å². The first-order chi connectivity index (χ1) is 8.41. The van der Waals surface area contributed by atoms with Gasteiger partial charge < -0.3 is 5.11 Å². The first kappa shape index (κ1) is 15.5. The standard InChI is InChI=1S/C16H22O/c1-2-3-4-5-6-7-8-9-10-11-12-13-14-15-16-17/h2-5,8-11,17H,12-16H2,1H3/b3-2+,5-4+,9-8+,11-10+. The second kappa shape index (κ2) is 14.5. The maximum atomic E-state index is 8.59. The first-order valence-electron chi connectivity index (χ1n) is 6.13. The molecule has 0 bridgehead atoms. The molecule has 0 aliphatic rings. The molecule has 0 aliphatic carbocycles. The summed E-state index contributed by atoms with van der Waals surface area (Å²) in [6, 6.07) is 0. The van der Waals surface area contributed by atoms with Crippen molar-refractivity contribution in [2.75, 3.05) is 6.61 Å². The van der Waals surface area contributed by atoms with Crippen LogP contribution in [0.3, 0.4) is 0 Å². The van der Waals surface area contributed by atoms with E-state index in [4.69, 9.17) is 5.11 Å². The normalized spacial score (nSPS) is 11.9. The molecule has 0 rings (SSSR count). The van der Waals surface area contributed by atoms with Crippen LogP contribution in [0.4, 0.5) is 0 Å². The number of rotatable bonds is 7. The molecule has 0 spiro atoms. The van der Waals surface area contributed by atoms with Crippen molar-refractivity contribution in [3.8, 4) is 11.8 Å². The van der Waals surface area contributed by atoms with Crippen LogP contribution in [-0.4, -0.2) is 11.7 Å². The van der Waals surface area contributed by atoms with Crippen LogP contribution in [-0.2, 0) is 0 Å². The Bertz CT molecular complexity index is 321. The molecule has 1 N–H and O–H groups in total. The highest BCUT2D eigenvalue weighted by atomic mass is 16.2. The lowest BCUT2D eigenvalue weighted by atomic mass is 10.2. The van der Waals surface area contributed by atoms with Gasteiger partial charge in [0, 0.05) is 6.61 Å². The van der Waals surface area contributed by atoms with Crippen molar-refractivity contribution >= 4 is 0 Å². The molecule has 0 radical (unpaired) electrons. The van der Waals surface area contributed by atoms with Crippen molar-refractivity contribution in [1.82, 2.24) is 0 Å². The molecule has 1 heteroatoms. The molecule has 92 valence electrons. The molecule has 0 aromatic heterocycles. The Kier molecular flexibility index (Phi) is 13.2. The van der Waals surface area contributed by atoms with Crippen LogP contribution in [0.15, 0.2) is 48.6 Å². The van der Waals surface area contributed by atoms with Crippen LogP contribution in [0, 0.1) is 11.8 Å². The molecule has 0 fully saturated rings. The van der Waals surface area contributed by atoms with Crippen molar-refractivity contribution in [3.05, 3.63) is 48.6 Å². The van der Waals surface area contributed by atoms with E-state index in [1.807, 2.05) is 49.5 Å². The van der Waals surface area contributed by atoms with Crippen LogP contribution in [0.2, 0.25) is 0 Å². The molecule has 0 amide bonds. The van der Waals surface area contributed by atoms with Gasteiger partial charge in [0.15, 0.2) is 0 Å². The summed E-state index contributed by atoms with van der Waals surface area (Å²) in [5.41, 5.74) is 0. The molecular weight excluding hydrogens is 208 g/mol. The first-order valence-corrected chi connectivity index (χ1v) is 6.13. The van der Waals surface area contributed by atoms with Gasteiger partial charge in [-0.15, -0.1) is 0 Å². The van der Waals surface area contributed by atoms with Gasteiger partial charge >= 0.3 is 0 Å². The third-order valence-electron chi connectivity index (χ3n) is 2.02. The van der Waals surface area contributed by atoms with Gasteiger partial charge in [-0.25, -0.2) is 0 Å². The van der Waals surface area contributed by atoms with Gasteiger partial charge in [-0.2, -0.15) is 0 Å². The third-order valence-corrected chi connectivity index (χ3v) is 2.02. The van der Waals surface area contributed by atoms with E-state index in [-0.39, 0.29) is 0 Å². The molecule has 0 aromatic carbocycles. The second-order valence-electron chi connectivity index (χ2n) is 3.53. The van der Waals surface area contributed by atoms with Gasteiger partial charge in [0.05, 0.1) is 0 Å². The number of aliphatic hydroxyl groups is 1. The largest absolute Gasteiger partial charge is 0.396 e. The Hall–Kier alpha value is -1.52. The SMILES string of the molecule is C/C=C/C=C/C#C/C=C/C=C/CCCCCO. The van der Waals surface area contributed by atoms with Gasteiger partial charge in [-0.05, 0) is 38.3 Å². The fourth-order valence-corrected chi connectivity index (χ4v) is 1.14. The molecular formula is C16H22O. The molecule has 0 saturated carbocycles. The monoisotopic (exact) mass is 230 g/mol. The van der Waals surface area contributed by atoms with Gasteiger partial charge in [-0.3, -0.25) is 0 Å². The minimum Gasteiger partial charge on any atom is -0.396 e. The molecule has 0 heterocycles. The topological polar surface area (TPSA) is 20.2 Å². The summed E-state index contributed by atoms with van der Waals surface area (Å²) in [6.07, 6.45) is 19.8. The van der Waals surface area contributed by atoms with Gasteiger partial charge in [0.25, 0.3) is 0 Å². The molecule has 0 aromatic rings. The zero-order valence-corrected chi connectivity index (χ0v) is 10.6.